The van der Waals surface area contributed by atoms with Crippen molar-refractivity contribution < 1.29 is 4.42 Å². The minimum absolute atomic E-state index is 0.226. The molecular weight excluding hydrogens is 438 g/mol. The van der Waals surface area contributed by atoms with Gasteiger partial charge in [-0.2, -0.15) is 5.26 Å². The summed E-state index contributed by atoms with van der Waals surface area (Å²) in [6, 6.07) is 23.1. The Kier molecular flexibility index (Phi) is 4.61. The van der Waals surface area contributed by atoms with E-state index in [1.807, 2.05) is 73.7 Å². The van der Waals surface area contributed by atoms with Crippen LogP contribution in [0.2, 0.25) is 0 Å². The lowest BCUT2D eigenvalue weighted by molar-refractivity contribution is 0.620. The summed E-state index contributed by atoms with van der Waals surface area (Å²) < 4.78 is 7.42. The minimum atomic E-state index is -0.226. The molecule has 3 aromatic carbocycles. The molecule has 0 saturated carbocycles. The molecule has 0 aliphatic heterocycles. The SMILES string of the molecule is Cc1c(C#N)c2nc3ccccc3n2c(=O)/c1=C/Nc1ccc(-c2nc3c(C)cccc3o2)cc1. The minimum Gasteiger partial charge on any atom is -0.436 e. The maximum Gasteiger partial charge on any atom is 0.265 e. The van der Waals surface area contributed by atoms with Gasteiger partial charge in [-0.1, -0.05) is 24.3 Å². The number of hydrogen-bond acceptors (Lipinski definition) is 6. The summed E-state index contributed by atoms with van der Waals surface area (Å²) in [4.78, 5) is 22.5. The molecule has 3 aromatic heterocycles. The second kappa shape index (κ2) is 7.82. The van der Waals surface area contributed by atoms with Crippen molar-refractivity contribution in [1.29, 1.82) is 5.26 Å². The van der Waals surface area contributed by atoms with Crippen LogP contribution in [0.4, 0.5) is 5.69 Å². The van der Waals surface area contributed by atoms with E-state index in [0.29, 0.717) is 38.9 Å². The zero-order chi connectivity index (χ0) is 24.1. The zero-order valence-corrected chi connectivity index (χ0v) is 19.0. The summed E-state index contributed by atoms with van der Waals surface area (Å²) >= 11 is 0. The number of para-hydroxylation sites is 3. The summed E-state index contributed by atoms with van der Waals surface area (Å²) in [5.74, 6) is 0.554. The summed E-state index contributed by atoms with van der Waals surface area (Å²) in [6.45, 7) is 3.77. The number of aromatic nitrogens is 3. The third kappa shape index (κ3) is 3.23. The quantitative estimate of drug-likeness (QED) is 0.413. The molecule has 0 spiro atoms. The molecule has 7 nitrogen and oxygen atoms in total. The van der Waals surface area contributed by atoms with Crippen molar-refractivity contribution in [3.8, 4) is 17.5 Å². The van der Waals surface area contributed by atoms with Crippen molar-refractivity contribution in [1.82, 2.24) is 14.4 Å². The molecule has 0 aliphatic carbocycles. The molecule has 0 saturated heterocycles. The third-order valence-electron chi connectivity index (χ3n) is 6.24. The third-order valence-corrected chi connectivity index (χ3v) is 6.24. The van der Waals surface area contributed by atoms with Crippen LogP contribution in [0.15, 0.2) is 75.9 Å². The van der Waals surface area contributed by atoms with Crippen molar-refractivity contribution in [2.75, 3.05) is 5.32 Å². The molecule has 0 atom stereocenters. The highest BCUT2D eigenvalue weighted by Gasteiger charge is 2.16. The van der Waals surface area contributed by atoms with Gasteiger partial charge in [0.2, 0.25) is 5.89 Å². The van der Waals surface area contributed by atoms with E-state index < -0.39 is 0 Å². The van der Waals surface area contributed by atoms with Crippen LogP contribution < -0.4 is 16.1 Å². The van der Waals surface area contributed by atoms with Crippen LogP contribution in [0.3, 0.4) is 0 Å². The predicted octanol–water partition coefficient (Wildman–Crippen LogP) is 4.71. The maximum atomic E-state index is 13.4. The molecular formula is C28H19N5O2. The van der Waals surface area contributed by atoms with Gasteiger partial charge in [-0.05, 0) is 67.4 Å². The van der Waals surface area contributed by atoms with Gasteiger partial charge >= 0.3 is 0 Å². The molecule has 0 amide bonds. The van der Waals surface area contributed by atoms with Crippen LogP contribution >= 0.6 is 0 Å². The molecule has 1 N–H and O–H groups in total. The van der Waals surface area contributed by atoms with Gasteiger partial charge in [-0.15, -0.1) is 0 Å². The molecule has 7 heteroatoms. The Morgan fingerprint density at radius 2 is 1.80 bits per heavy atom. The predicted molar refractivity (Wildman–Crippen MR) is 136 cm³/mol. The topological polar surface area (TPSA) is 96.2 Å². The summed E-state index contributed by atoms with van der Waals surface area (Å²) in [7, 11) is 0. The van der Waals surface area contributed by atoms with Crippen LogP contribution in [0, 0.1) is 25.2 Å². The summed E-state index contributed by atoms with van der Waals surface area (Å²) in [5.41, 5.74) is 6.79. The van der Waals surface area contributed by atoms with Gasteiger partial charge in [-0.25, -0.2) is 9.97 Å². The molecule has 0 radical (unpaired) electrons. The standard InChI is InChI=1S/C28H19N5O2/c1-16-6-5-9-24-25(16)32-27(35-24)18-10-12-19(13-11-18)30-15-21-17(2)20(14-29)26-31-22-7-3-4-8-23(22)33(26)28(21)34/h3-13,15,30H,1-2H3/b21-15+. The number of imidazole rings is 1. The summed E-state index contributed by atoms with van der Waals surface area (Å²) in [5, 5.41) is 13.4. The average Bonchev–Trinajstić information content (AvgIpc) is 3.47. The van der Waals surface area contributed by atoms with Crippen molar-refractivity contribution in [3.63, 3.8) is 0 Å². The van der Waals surface area contributed by atoms with Crippen molar-refractivity contribution in [2.24, 2.45) is 0 Å². The number of nitrogens with one attached hydrogen (secondary N) is 1. The first kappa shape index (κ1) is 20.6. The van der Waals surface area contributed by atoms with E-state index >= 15 is 0 Å². The van der Waals surface area contributed by atoms with E-state index in [2.05, 4.69) is 21.4 Å². The molecule has 3 heterocycles. The van der Waals surface area contributed by atoms with Crippen molar-refractivity contribution >= 4 is 39.7 Å². The lowest BCUT2D eigenvalue weighted by atomic mass is 10.1. The van der Waals surface area contributed by atoms with Crippen LogP contribution in [0.1, 0.15) is 16.7 Å². The number of benzene rings is 3. The Bertz CT molecular complexity index is 1930. The Balaban J connectivity index is 1.40. The van der Waals surface area contributed by atoms with E-state index in [9.17, 15) is 10.1 Å². The number of nitrogens with zero attached hydrogens (tertiary/aromatic N) is 4. The molecule has 6 rings (SSSR count). The van der Waals surface area contributed by atoms with Gasteiger partial charge in [0.25, 0.3) is 5.56 Å². The molecule has 0 fully saturated rings. The first-order valence-corrected chi connectivity index (χ1v) is 11.1. The van der Waals surface area contributed by atoms with Crippen LogP contribution in [0.5, 0.6) is 0 Å². The number of fused-ring (bicyclic) bond motifs is 4. The summed E-state index contributed by atoms with van der Waals surface area (Å²) in [6.07, 6.45) is 1.64. The molecule has 35 heavy (non-hydrogen) atoms. The number of rotatable bonds is 3. The fraction of sp³-hybridized carbons (Fsp3) is 0.0714. The smallest absolute Gasteiger partial charge is 0.265 e. The first-order chi connectivity index (χ1) is 17.0. The fourth-order valence-electron chi connectivity index (χ4n) is 4.36. The highest BCUT2D eigenvalue weighted by atomic mass is 16.3. The number of oxazole rings is 1. The first-order valence-electron chi connectivity index (χ1n) is 11.1. The molecule has 0 unspecified atom stereocenters. The van der Waals surface area contributed by atoms with Crippen molar-refractivity contribution in [3.05, 3.63) is 99.0 Å². The van der Waals surface area contributed by atoms with E-state index in [0.717, 1.165) is 27.9 Å². The largest absolute Gasteiger partial charge is 0.436 e. The van der Waals surface area contributed by atoms with E-state index in [4.69, 9.17) is 4.42 Å². The molecule has 0 bridgehead atoms. The van der Waals surface area contributed by atoms with E-state index in [1.54, 1.807) is 13.1 Å². The number of hydrogen-bond donors (Lipinski definition) is 1. The second-order valence-electron chi connectivity index (χ2n) is 8.40. The number of anilines is 1. The van der Waals surface area contributed by atoms with Gasteiger partial charge in [0.15, 0.2) is 11.2 Å². The lowest BCUT2D eigenvalue weighted by Gasteiger charge is -2.05. The van der Waals surface area contributed by atoms with Gasteiger partial charge in [0, 0.05) is 17.5 Å². The van der Waals surface area contributed by atoms with Crippen LogP contribution in [-0.2, 0) is 0 Å². The highest BCUT2D eigenvalue weighted by molar-refractivity contribution is 5.83. The Morgan fingerprint density at radius 1 is 1.00 bits per heavy atom. The van der Waals surface area contributed by atoms with Gasteiger partial charge < -0.3 is 9.73 Å². The molecule has 6 aromatic rings. The van der Waals surface area contributed by atoms with Crippen molar-refractivity contribution in [2.45, 2.75) is 13.8 Å². The monoisotopic (exact) mass is 457 g/mol. The molecule has 168 valence electrons. The Hall–Kier alpha value is -4.96. The Labute approximate surface area is 199 Å². The molecule has 0 aliphatic rings. The normalized spacial score (nSPS) is 12.0. The number of aryl methyl sites for hydroxylation is 1. The van der Waals surface area contributed by atoms with E-state index in [-0.39, 0.29) is 5.56 Å². The van der Waals surface area contributed by atoms with Gasteiger partial charge in [0.05, 0.1) is 21.8 Å². The highest BCUT2D eigenvalue weighted by Crippen LogP contribution is 2.27. The second-order valence-corrected chi connectivity index (χ2v) is 8.40. The lowest BCUT2D eigenvalue weighted by Crippen LogP contribution is -2.34. The maximum absolute atomic E-state index is 13.4. The van der Waals surface area contributed by atoms with Gasteiger partial charge in [-0.3, -0.25) is 9.20 Å². The number of pyridine rings is 1. The fourth-order valence-corrected chi connectivity index (χ4v) is 4.36. The Morgan fingerprint density at radius 3 is 2.57 bits per heavy atom. The van der Waals surface area contributed by atoms with E-state index in [1.165, 1.54) is 4.40 Å². The van der Waals surface area contributed by atoms with Crippen LogP contribution in [-0.4, -0.2) is 14.4 Å². The zero-order valence-electron chi connectivity index (χ0n) is 19.0. The number of nitriles is 1. The van der Waals surface area contributed by atoms with Crippen LogP contribution in [0.25, 0.3) is 45.4 Å². The average molecular weight is 457 g/mol. The van der Waals surface area contributed by atoms with Gasteiger partial charge in [0.1, 0.15) is 11.6 Å².